The number of ether oxygens (including phenoxy) is 2. The number of carbonyl (C=O) groups is 2. The molecule has 8 nitrogen and oxygen atoms in total. The second kappa shape index (κ2) is 11.6. The Balaban J connectivity index is 1.77. The zero-order valence-electron chi connectivity index (χ0n) is 21.5. The minimum atomic E-state index is -0.529. The third-order valence-corrected chi connectivity index (χ3v) is 6.45. The van der Waals surface area contributed by atoms with E-state index in [4.69, 9.17) is 14.5 Å². The van der Waals surface area contributed by atoms with Crippen molar-refractivity contribution in [1.29, 1.82) is 0 Å². The van der Waals surface area contributed by atoms with Gasteiger partial charge in [0.15, 0.2) is 5.69 Å². The lowest BCUT2D eigenvalue weighted by Gasteiger charge is -2.17. The second-order valence-corrected chi connectivity index (χ2v) is 9.86. The van der Waals surface area contributed by atoms with E-state index < -0.39 is 12.1 Å². The van der Waals surface area contributed by atoms with Gasteiger partial charge in [0.1, 0.15) is 11.8 Å². The summed E-state index contributed by atoms with van der Waals surface area (Å²) in [6.45, 7) is 7.57. The Hall–Kier alpha value is -3.39. The number of amides is 1. The van der Waals surface area contributed by atoms with Crippen LogP contribution in [0.15, 0.2) is 42.6 Å². The average molecular weight is 493 g/mol. The summed E-state index contributed by atoms with van der Waals surface area (Å²) in [7, 11) is 1.35. The molecule has 2 aromatic heterocycles. The van der Waals surface area contributed by atoms with Crippen molar-refractivity contribution < 1.29 is 19.1 Å². The first-order valence-corrected chi connectivity index (χ1v) is 12.7. The lowest BCUT2D eigenvalue weighted by atomic mass is 10.1. The van der Waals surface area contributed by atoms with Crippen LogP contribution in [0, 0.1) is 5.92 Å². The van der Waals surface area contributed by atoms with Gasteiger partial charge < -0.3 is 24.7 Å². The van der Waals surface area contributed by atoms with Gasteiger partial charge >= 0.3 is 5.97 Å². The highest BCUT2D eigenvalue weighted by atomic mass is 16.5. The summed E-state index contributed by atoms with van der Waals surface area (Å²) in [5.41, 5.74) is 3.30. The molecule has 8 heteroatoms. The van der Waals surface area contributed by atoms with Gasteiger partial charge in [0.25, 0.3) is 5.91 Å². The molecule has 0 unspecified atom stereocenters. The number of hydrogen-bond donors (Lipinski definition) is 2. The monoisotopic (exact) mass is 492 g/mol. The molecule has 0 spiro atoms. The number of anilines is 2. The Kier molecular flexibility index (Phi) is 8.25. The molecule has 0 aliphatic carbocycles. The van der Waals surface area contributed by atoms with Crippen LogP contribution in [0.3, 0.4) is 0 Å². The fourth-order valence-electron chi connectivity index (χ4n) is 4.88. The molecule has 2 N–H and O–H groups in total. The zero-order chi connectivity index (χ0) is 25.7. The largest absolute Gasteiger partial charge is 0.464 e. The normalized spacial score (nSPS) is 16.3. The van der Waals surface area contributed by atoms with Crippen LogP contribution in [0.4, 0.5) is 11.4 Å². The third-order valence-electron chi connectivity index (χ3n) is 6.45. The van der Waals surface area contributed by atoms with Crippen LogP contribution in [0.25, 0.3) is 11.0 Å². The van der Waals surface area contributed by atoms with Gasteiger partial charge in [-0.3, -0.25) is 4.79 Å². The number of aromatic nitrogens is 2. The summed E-state index contributed by atoms with van der Waals surface area (Å²) in [4.78, 5) is 30.9. The molecule has 0 saturated carbocycles. The molecule has 2 atom stereocenters. The third kappa shape index (κ3) is 5.87. The van der Waals surface area contributed by atoms with E-state index in [2.05, 4.69) is 43.5 Å². The summed E-state index contributed by atoms with van der Waals surface area (Å²) >= 11 is 0. The number of pyridine rings is 1. The lowest BCUT2D eigenvalue weighted by Crippen LogP contribution is -2.28. The first kappa shape index (κ1) is 25.7. The topological polar surface area (TPSA) is 94.5 Å². The van der Waals surface area contributed by atoms with Gasteiger partial charge in [-0.25, -0.2) is 9.78 Å². The molecule has 0 radical (unpaired) electrons. The molecule has 36 heavy (non-hydrogen) atoms. The highest BCUT2D eigenvalue weighted by molar-refractivity contribution is 6.12. The van der Waals surface area contributed by atoms with Crippen LogP contribution in [0.1, 0.15) is 56.1 Å². The molecule has 1 saturated heterocycles. The Bertz CT molecular complexity index is 1200. The van der Waals surface area contributed by atoms with Gasteiger partial charge in [-0.2, -0.15) is 0 Å². The smallest absolute Gasteiger partial charge is 0.356 e. The molecule has 4 rings (SSSR count). The fraction of sp³-hybridized carbons (Fsp3) is 0.464. The van der Waals surface area contributed by atoms with Crippen LogP contribution >= 0.6 is 0 Å². The number of nitrogens with one attached hydrogen (secondary N) is 2. The molecule has 3 heterocycles. The van der Waals surface area contributed by atoms with Gasteiger partial charge in [0, 0.05) is 24.6 Å². The first-order valence-electron chi connectivity index (χ1n) is 12.7. The molecule has 1 fully saturated rings. The van der Waals surface area contributed by atoms with Crippen LogP contribution in [-0.2, 0) is 27.2 Å². The van der Waals surface area contributed by atoms with Crippen LogP contribution < -0.4 is 10.6 Å². The van der Waals surface area contributed by atoms with Crippen molar-refractivity contribution >= 4 is 34.3 Å². The summed E-state index contributed by atoms with van der Waals surface area (Å²) in [5.74, 6) is -0.229. The van der Waals surface area contributed by atoms with Crippen LogP contribution in [0.2, 0.25) is 0 Å². The van der Waals surface area contributed by atoms with Gasteiger partial charge in [-0.15, -0.1) is 0 Å². The maximum absolute atomic E-state index is 13.1. The number of carbonyl (C=O) groups excluding carboxylic acids is 2. The number of aryl methyl sites for hydroxylation is 2. The van der Waals surface area contributed by atoms with E-state index >= 15 is 0 Å². The standard InChI is InChI=1S/C28H36N4O4/c1-18(2)15-19(3)30-21-16-22-24(31-27(33)23-11-8-14-36-23)25(28(34)35-4)32(26(22)29-17-21)13-12-20-9-6-5-7-10-20/h5-7,9-10,16-19,23,30H,8,11-15H2,1-4H3,(H,31,33)/t19-,23+/m1/s1. The van der Waals surface area contributed by atoms with Gasteiger partial charge in [0.2, 0.25) is 0 Å². The molecule has 1 amide bonds. The highest BCUT2D eigenvalue weighted by Crippen LogP contribution is 2.34. The SMILES string of the molecule is COC(=O)c1c(NC(=O)[C@@H]2CCCO2)c2cc(N[C@H](C)CC(C)C)cnc2n1CCc1ccccc1. The van der Waals surface area contributed by atoms with Crippen LogP contribution in [-0.4, -0.2) is 47.3 Å². The van der Waals surface area contributed by atoms with E-state index in [1.165, 1.54) is 7.11 Å². The Morgan fingerprint density at radius 3 is 2.67 bits per heavy atom. The summed E-state index contributed by atoms with van der Waals surface area (Å²) < 4.78 is 12.6. The molecule has 1 aliphatic heterocycles. The number of fused-ring (bicyclic) bond motifs is 1. The van der Waals surface area contributed by atoms with Gasteiger partial charge in [-0.1, -0.05) is 44.2 Å². The molecular formula is C28H36N4O4. The second-order valence-electron chi connectivity index (χ2n) is 9.86. The fourth-order valence-corrected chi connectivity index (χ4v) is 4.88. The first-order chi connectivity index (χ1) is 17.4. The Morgan fingerprint density at radius 2 is 2.00 bits per heavy atom. The highest BCUT2D eigenvalue weighted by Gasteiger charge is 2.30. The van der Waals surface area contributed by atoms with Crippen LogP contribution in [0.5, 0.6) is 0 Å². The Morgan fingerprint density at radius 1 is 1.22 bits per heavy atom. The van der Waals surface area contributed by atoms with E-state index in [9.17, 15) is 9.59 Å². The molecule has 0 bridgehead atoms. The van der Waals surface area contributed by atoms with E-state index in [-0.39, 0.29) is 17.6 Å². The van der Waals surface area contributed by atoms with Crippen molar-refractivity contribution in [3.05, 3.63) is 53.9 Å². The maximum Gasteiger partial charge on any atom is 0.356 e. The van der Waals surface area contributed by atoms with Crippen molar-refractivity contribution in [1.82, 2.24) is 9.55 Å². The van der Waals surface area contributed by atoms with Crippen molar-refractivity contribution in [2.24, 2.45) is 5.92 Å². The quantitative estimate of drug-likeness (QED) is 0.386. The molecule has 1 aliphatic rings. The summed E-state index contributed by atoms with van der Waals surface area (Å²) in [6, 6.07) is 12.3. The predicted molar refractivity (Wildman–Crippen MR) is 141 cm³/mol. The average Bonchev–Trinajstić information content (AvgIpc) is 3.49. The molecule has 1 aromatic carbocycles. The number of methoxy groups -OCH3 is 1. The van der Waals surface area contributed by atoms with E-state index in [1.54, 1.807) is 6.20 Å². The molecular weight excluding hydrogens is 456 g/mol. The summed E-state index contributed by atoms with van der Waals surface area (Å²) in [6.07, 6.45) is 4.45. The summed E-state index contributed by atoms with van der Waals surface area (Å²) in [5, 5.41) is 7.19. The Labute approximate surface area is 212 Å². The van der Waals surface area contributed by atoms with Crippen molar-refractivity contribution in [3.63, 3.8) is 0 Å². The minimum absolute atomic E-state index is 0.245. The molecule has 192 valence electrons. The molecule has 3 aromatic rings. The van der Waals surface area contributed by atoms with Gasteiger partial charge in [0.05, 0.1) is 24.7 Å². The minimum Gasteiger partial charge on any atom is -0.464 e. The number of esters is 1. The number of nitrogens with zero attached hydrogens (tertiary/aromatic N) is 2. The lowest BCUT2D eigenvalue weighted by molar-refractivity contribution is -0.124. The van der Waals surface area contributed by atoms with Gasteiger partial charge in [-0.05, 0) is 50.2 Å². The van der Waals surface area contributed by atoms with Crippen molar-refractivity contribution in [2.45, 2.75) is 65.1 Å². The van der Waals surface area contributed by atoms with Crippen molar-refractivity contribution in [2.75, 3.05) is 24.4 Å². The van der Waals surface area contributed by atoms with Crippen molar-refractivity contribution in [3.8, 4) is 0 Å². The van der Waals surface area contributed by atoms with E-state index in [0.29, 0.717) is 48.6 Å². The number of benzene rings is 1. The maximum atomic E-state index is 13.1. The number of hydrogen-bond acceptors (Lipinski definition) is 6. The predicted octanol–water partition coefficient (Wildman–Crippen LogP) is 5.03. The van der Waals surface area contributed by atoms with E-state index in [1.807, 2.05) is 28.8 Å². The van der Waals surface area contributed by atoms with E-state index in [0.717, 1.165) is 24.1 Å². The number of rotatable bonds is 10. The zero-order valence-corrected chi connectivity index (χ0v) is 21.5.